The van der Waals surface area contributed by atoms with Crippen molar-refractivity contribution in [1.82, 2.24) is 0 Å². The van der Waals surface area contributed by atoms with E-state index >= 15 is 0 Å². The average Bonchev–Trinajstić information content (AvgIpc) is 3.08. The topological polar surface area (TPSA) is 46.6 Å². The minimum Gasteiger partial charge on any atom is -0.465 e. The van der Waals surface area contributed by atoms with Crippen LogP contribution in [0.2, 0.25) is 0 Å². The number of ether oxygens (including phenoxy) is 1. The smallest absolute Gasteiger partial charge is 0.337 e. The standard InChI is InChI=1S/C29H29NO3/c1-29(2,3)18-24(21-12-6-5-7-13-21)26-23-15-8-9-16-25(23)30(27(26)31)19-20-11-10-14-22(17-20)28(32)33-4/h5-17H,18-19H2,1-4H3. The second-order valence-electron chi connectivity index (χ2n) is 9.56. The molecule has 0 atom stereocenters. The third-order valence-corrected chi connectivity index (χ3v) is 5.74. The van der Waals surface area contributed by atoms with Gasteiger partial charge >= 0.3 is 5.97 Å². The van der Waals surface area contributed by atoms with Crippen molar-refractivity contribution in [3.63, 3.8) is 0 Å². The van der Waals surface area contributed by atoms with Crippen molar-refractivity contribution in [3.05, 3.63) is 101 Å². The molecule has 1 aliphatic rings. The van der Waals surface area contributed by atoms with Gasteiger partial charge in [0.2, 0.25) is 0 Å². The number of hydrogen-bond donors (Lipinski definition) is 0. The van der Waals surface area contributed by atoms with E-state index in [1.807, 2.05) is 59.5 Å². The molecule has 0 bridgehead atoms. The van der Waals surface area contributed by atoms with Crippen molar-refractivity contribution in [2.24, 2.45) is 5.41 Å². The number of esters is 1. The van der Waals surface area contributed by atoms with E-state index in [0.717, 1.165) is 39.9 Å². The molecule has 1 amide bonds. The van der Waals surface area contributed by atoms with Gasteiger partial charge in [0.25, 0.3) is 5.91 Å². The van der Waals surface area contributed by atoms with Crippen molar-refractivity contribution >= 4 is 28.7 Å². The molecule has 0 saturated carbocycles. The zero-order valence-electron chi connectivity index (χ0n) is 19.6. The Morgan fingerprint density at radius 1 is 0.879 bits per heavy atom. The zero-order valence-corrected chi connectivity index (χ0v) is 19.6. The van der Waals surface area contributed by atoms with Gasteiger partial charge in [-0.3, -0.25) is 4.79 Å². The number of methoxy groups -OCH3 is 1. The Morgan fingerprint density at radius 3 is 2.24 bits per heavy atom. The Kier molecular flexibility index (Phi) is 6.19. The highest BCUT2D eigenvalue weighted by Gasteiger charge is 2.35. The van der Waals surface area contributed by atoms with E-state index in [4.69, 9.17) is 4.74 Å². The Hall–Kier alpha value is -3.66. The molecule has 0 radical (unpaired) electrons. The number of hydrogen-bond acceptors (Lipinski definition) is 3. The van der Waals surface area contributed by atoms with Crippen molar-refractivity contribution in [2.45, 2.75) is 33.7 Å². The average molecular weight is 440 g/mol. The summed E-state index contributed by atoms with van der Waals surface area (Å²) in [4.78, 5) is 27.7. The van der Waals surface area contributed by atoms with Gasteiger partial charge in [-0.25, -0.2) is 4.79 Å². The van der Waals surface area contributed by atoms with Crippen LogP contribution in [-0.2, 0) is 16.1 Å². The molecule has 0 saturated heterocycles. The summed E-state index contributed by atoms with van der Waals surface area (Å²) in [6.07, 6.45) is 0.776. The summed E-state index contributed by atoms with van der Waals surface area (Å²) in [6, 6.07) is 25.4. The number of anilines is 1. The lowest BCUT2D eigenvalue weighted by Crippen LogP contribution is -2.26. The second kappa shape index (κ2) is 9.07. The van der Waals surface area contributed by atoms with Crippen LogP contribution < -0.4 is 4.90 Å². The number of carbonyl (C=O) groups is 2. The van der Waals surface area contributed by atoms with Crippen LogP contribution in [0.3, 0.4) is 0 Å². The molecule has 0 fully saturated rings. The molecular formula is C29H29NO3. The number of benzene rings is 3. The number of amides is 1. The molecule has 168 valence electrons. The molecule has 1 heterocycles. The van der Waals surface area contributed by atoms with Gasteiger partial charge in [0.1, 0.15) is 0 Å². The molecule has 0 N–H and O–H groups in total. The minimum absolute atomic E-state index is 0.00959. The summed E-state index contributed by atoms with van der Waals surface area (Å²) in [5.74, 6) is -0.398. The molecule has 0 aromatic heterocycles. The fraction of sp³-hybridized carbons (Fsp3) is 0.241. The summed E-state index contributed by atoms with van der Waals surface area (Å²) >= 11 is 0. The number of fused-ring (bicyclic) bond motifs is 1. The number of para-hydroxylation sites is 1. The largest absolute Gasteiger partial charge is 0.465 e. The first-order valence-corrected chi connectivity index (χ1v) is 11.2. The van der Waals surface area contributed by atoms with Crippen molar-refractivity contribution < 1.29 is 14.3 Å². The van der Waals surface area contributed by atoms with E-state index in [1.165, 1.54) is 7.11 Å². The number of nitrogens with zero attached hydrogens (tertiary/aromatic N) is 1. The Bertz CT molecular complexity index is 1220. The van der Waals surface area contributed by atoms with Gasteiger partial charge in [-0.1, -0.05) is 81.4 Å². The van der Waals surface area contributed by atoms with E-state index in [2.05, 4.69) is 32.9 Å². The Balaban J connectivity index is 1.82. The maximum atomic E-state index is 13.9. The predicted octanol–water partition coefficient (Wildman–Crippen LogP) is 6.37. The molecule has 3 aromatic rings. The molecule has 1 aliphatic heterocycles. The Labute approximate surface area is 195 Å². The van der Waals surface area contributed by atoms with E-state index in [0.29, 0.717) is 12.1 Å². The highest BCUT2D eigenvalue weighted by atomic mass is 16.5. The lowest BCUT2D eigenvalue weighted by atomic mass is 9.82. The van der Waals surface area contributed by atoms with Crippen molar-refractivity contribution in [3.8, 4) is 0 Å². The van der Waals surface area contributed by atoms with Gasteiger partial charge in [-0.05, 0) is 46.7 Å². The fourth-order valence-corrected chi connectivity index (χ4v) is 4.33. The Morgan fingerprint density at radius 2 is 1.55 bits per heavy atom. The maximum absolute atomic E-state index is 13.9. The van der Waals surface area contributed by atoms with Crippen molar-refractivity contribution in [2.75, 3.05) is 12.0 Å². The van der Waals surface area contributed by atoms with E-state index in [-0.39, 0.29) is 17.3 Å². The van der Waals surface area contributed by atoms with Gasteiger partial charge < -0.3 is 9.64 Å². The van der Waals surface area contributed by atoms with Crippen LogP contribution in [0.15, 0.2) is 78.9 Å². The number of rotatable bonds is 5. The third-order valence-electron chi connectivity index (χ3n) is 5.74. The first-order valence-electron chi connectivity index (χ1n) is 11.2. The van der Waals surface area contributed by atoms with Gasteiger partial charge in [-0.2, -0.15) is 0 Å². The lowest BCUT2D eigenvalue weighted by Gasteiger charge is -2.23. The fourth-order valence-electron chi connectivity index (χ4n) is 4.33. The molecule has 4 rings (SSSR count). The molecule has 4 nitrogen and oxygen atoms in total. The first-order chi connectivity index (χ1) is 15.8. The van der Waals surface area contributed by atoms with Crippen LogP contribution in [-0.4, -0.2) is 19.0 Å². The molecule has 0 spiro atoms. The summed E-state index contributed by atoms with van der Waals surface area (Å²) < 4.78 is 4.86. The molecular weight excluding hydrogens is 410 g/mol. The second-order valence-corrected chi connectivity index (χ2v) is 9.56. The first kappa shape index (κ1) is 22.5. The predicted molar refractivity (Wildman–Crippen MR) is 133 cm³/mol. The van der Waals surface area contributed by atoms with Crippen LogP contribution in [0.1, 0.15) is 54.2 Å². The highest BCUT2D eigenvalue weighted by molar-refractivity contribution is 6.37. The van der Waals surface area contributed by atoms with Gasteiger partial charge in [-0.15, -0.1) is 0 Å². The normalized spacial score (nSPS) is 14.8. The molecule has 0 aliphatic carbocycles. The third kappa shape index (κ3) is 4.75. The number of allylic oxidation sites excluding steroid dienone is 1. The zero-order chi connectivity index (χ0) is 23.6. The van der Waals surface area contributed by atoms with Crippen LogP contribution in [0.5, 0.6) is 0 Å². The number of carbonyl (C=O) groups excluding carboxylic acids is 2. The highest BCUT2D eigenvalue weighted by Crippen LogP contribution is 2.44. The van der Waals surface area contributed by atoms with Gasteiger partial charge in [0, 0.05) is 5.56 Å². The monoisotopic (exact) mass is 439 g/mol. The minimum atomic E-state index is -0.387. The molecule has 33 heavy (non-hydrogen) atoms. The molecule has 3 aromatic carbocycles. The maximum Gasteiger partial charge on any atom is 0.337 e. The SMILES string of the molecule is COC(=O)c1cccc(CN2C(=O)C(=C(CC(C)(C)C)c3ccccc3)c3ccccc32)c1. The van der Waals surface area contributed by atoms with Crippen molar-refractivity contribution in [1.29, 1.82) is 0 Å². The van der Waals surface area contributed by atoms with Gasteiger partial charge in [0.05, 0.1) is 30.5 Å². The summed E-state index contributed by atoms with van der Waals surface area (Å²) in [5, 5.41) is 0. The van der Waals surface area contributed by atoms with Crippen LogP contribution in [0.4, 0.5) is 5.69 Å². The lowest BCUT2D eigenvalue weighted by molar-refractivity contribution is -0.113. The van der Waals surface area contributed by atoms with E-state index < -0.39 is 0 Å². The molecule has 4 heteroatoms. The summed E-state index contributed by atoms with van der Waals surface area (Å²) in [6.45, 7) is 6.95. The van der Waals surface area contributed by atoms with E-state index in [9.17, 15) is 9.59 Å². The molecule has 0 unspecified atom stereocenters. The van der Waals surface area contributed by atoms with Crippen LogP contribution in [0, 0.1) is 5.41 Å². The van der Waals surface area contributed by atoms with E-state index in [1.54, 1.807) is 12.1 Å². The van der Waals surface area contributed by atoms with Crippen LogP contribution >= 0.6 is 0 Å². The summed E-state index contributed by atoms with van der Waals surface area (Å²) in [5.41, 5.74) is 6.10. The van der Waals surface area contributed by atoms with Crippen LogP contribution in [0.25, 0.3) is 11.1 Å². The van der Waals surface area contributed by atoms with Gasteiger partial charge in [0.15, 0.2) is 0 Å². The summed E-state index contributed by atoms with van der Waals surface area (Å²) in [7, 11) is 1.37. The quantitative estimate of drug-likeness (QED) is 0.343.